The number of fused-ring (bicyclic) bond motifs is 1. The van der Waals surface area contributed by atoms with Crippen molar-refractivity contribution in [2.75, 3.05) is 13.1 Å². The molecule has 1 aliphatic rings. The number of carboxylic acids is 1. The van der Waals surface area contributed by atoms with E-state index in [0.29, 0.717) is 11.1 Å². The zero-order chi connectivity index (χ0) is 17.1. The molecule has 23 heavy (non-hydrogen) atoms. The lowest BCUT2D eigenvalue weighted by Gasteiger charge is -2.15. The van der Waals surface area contributed by atoms with Gasteiger partial charge in [-0.2, -0.15) is 0 Å². The Balaban J connectivity index is 1.96. The van der Waals surface area contributed by atoms with Crippen LogP contribution in [0.25, 0.3) is 0 Å². The largest absolute Gasteiger partial charge is 0.481 e. The highest BCUT2D eigenvalue weighted by Crippen LogP contribution is 2.23. The molecule has 7 heteroatoms. The van der Waals surface area contributed by atoms with E-state index in [1.807, 2.05) is 6.92 Å². The molecule has 0 spiro atoms. The number of carbonyl (C=O) groups is 4. The van der Waals surface area contributed by atoms with Crippen LogP contribution in [0.2, 0.25) is 0 Å². The Morgan fingerprint density at radius 2 is 1.87 bits per heavy atom. The van der Waals surface area contributed by atoms with Crippen molar-refractivity contribution in [3.05, 3.63) is 34.9 Å². The third kappa shape index (κ3) is 3.74. The Labute approximate surface area is 133 Å². The number of carboxylic acid groups (broad SMARTS) is 1. The molecule has 2 N–H and O–H groups in total. The third-order valence-electron chi connectivity index (χ3n) is 3.60. The number of nitrogens with one attached hydrogen (secondary N) is 1. The number of benzene rings is 1. The number of hydrogen-bond acceptors (Lipinski definition) is 4. The van der Waals surface area contributed by atoms with Crippen LogP contribution in [0.15, 0.2) is 18.2 Å². The average molecular weight is 318 g/mol. The molecule has 0 aliphatic carbocycles. The molecular formula is C16H18N2O5. The van der Waals surface area contributed by atoms with Gasteiger partial charge >= 0.3 is 5.97 Å². The van der Waals surface area contributed by atoms with Gasteiger partial charge in [-0.05, 0) is 25.0 Å². The van der Waals surface area contributed by atoms with Crippen LogP contribution in [-0.4, -0.2) is 46.8 Å². The predicted octanol–water partition coefficient (Wildman–Crippen LogP) is 0.818. The van der Waals surface area contributed by atoms with E-state index in [1.165, 1.54) is 0 Å². The molecule has 1 unspecified atom stereocenters. The van der Waals surface area contributed by atoms with E-state index in [1.54, 1.807) is 25.1 Å². The van der Waals surface area contributed by atoms with Crippen LogP contribution in [0.4, 0.5) is 0 Å². The quantitative estimate of drug-likeness (QED) is 0.756. The summed E-state index contributed by atoms with van der Waals surface area (Å²) in [6.07, 6.45) is -0.0629. The monoisotopic (exact) mass is 318 g/mol. The summed E-state index contributed by atoms with van der Waals surface area (Å²) in [5, 5.41) is 11.2. The van der Waals surface area contributed by atoms with Crippen LogP contribution in [0.1, 0.15) is 39.6 Å². The van der Waals surface area contributed by atoms with Gasteiger partial charge in [0, 0.05) is 13.0 Å². The summed E-state index contributed by atoms with van der Waals surface area (Å²) in [7, 11) is 0. The highest BCUT2D eigenvalue weighted by atomic mass is 16.4. The zero-order valence-corrected chi connectivity index (χ0v) is 13.0. The fourth-order valence-electron chi connectivity index (χ4n) is 2.41. The molecule has 0 saturated carbocycles. The maximum absolute atomic E-state index is 12.2. The van der Waals surface area contributed by atoms with Crippen LogP contribution in [0, 0.1) is 12.8 Å². The van der Waals surface area contributed by atoms with E-state index >= 15 is 0 Å². The second-order valence-corrected chi connectivity index (χ2v) is 5.75. The zero-order valence-electron chi connectivity index (χ0n) is 13.0. The summed E-state index contributed by atoms with van der Waals surface area (Å²) in [6.45, 7) is 3.31. The van der Waals surface area contributed by atoms with Crippen molar-refractivity contribution in [1.82, 2.24) is 10.2 Å². The Morgan fingerprint density at radius 1 is 1.22 bits per heavy atom. The number of aryl methyl sites for hydroxylation is 1. The molecule has 0 radical (unpaired) electrons. The van der Waals surface area contributed by atoms with Gasteiger partial charge in [-0.3, -0.25) is 24.1 Å². The first-order valence-electron chi connectivity index (χ1n) is 7.25. The van der Waals surface area contributed by atoms with Crippen LogP contribution in [0.5, 0.6) is 0 Å². The van der Waals surface area contributed by atoms with Crippen molar-refractivity contribution >= 4 is 23.7 Å². The standard InChI is InChI=1S/C16H18N2O5/c1-9-3-4-11-12(5-9)16(23)18(15(11)22)8-13(19)17-7-10(2)6-14(20)21/h3-5,10H,6-8H2,1-2H3,(H,17,19)(H,20,21). The number of carbonyl (C=O) groups excluding carboxylic acids is 3. The number of hydrogen-bond donors (Lipinski definition) is 2. The summed E-state index contributed by atoms with van der Waals surface area (Å²) in [4.78, 5) is 47.8. The lowest BCUT2D eigenvalue weighted by Crippen LogP contribution is -2.41. The first kappa shape index (κ1) is 16.7. The number of rotatable bonds is 6. The van der Waals surface area contributed by atoms with Crippen LogP contribution in [0.3, 0.4) is 0 Å². The summed E-state index contributed by atoms with van der Waals surface area (Å²) in [6, 6.07) is 4.95. The summed E-state index contributed by atoms with van der Waals surface area (Å²) >= 11 is 0. The summed E-state index contributed by atoms with van der Waals surface area (Å²) in [5.74, 6) is -2.64. The van der Waals surface area contributed by atoms with E-state index < -0.39 is 23.7 Å². The Morgan fingerprint density at radius 3 is 2.52 bits per heavy atom. The molecule has 1 aliphatic heterocycles. The van der Waals surface area contributed by atoms with Crippen LogP contribution >= 0.6 is 0 Å². The molecular weight excluding hydrogens is 300 g/mol. The molecule has 0 bridgehead atoms. The Hall–Kier alpha value is -2.70. The van der Waals surface area contributed by atoms with Crippen molar-refractivity contribution in [3.8, 4) is 0 Å². The van der Waals surface area contributed by atoms with E-state index in [-0.39, 0.29) is 25.4 Å². The fourth-order valence-corrected chi connectivity index (χ4v) is 2.41. The number of aliphatic carboxylic acids is 1. The molecule has 3 amide bonds. The van der Waals surface area contributed by atoms with Crippen LogP contribution < -0.4 is 5.32 Å². The highest BCUT2D eigenvalue weighted by Gasteiger charge is 2.36. The highest BCUT2D eigenvalue weighted by molar-refractivity contribution is 6.22. The molecule has 0 aromatic heterocycles. The maximum Gasteiger partial charge on any atom is 0.303 e. The van der Waals surface area contributed by atoms with E-state index in [0.717, 1.165) is 10.5 Å². The third-order valence-corrected chi connectivity index (χ3v) is 3.60. The normalized spacial score (nSPS) is 14.6. The molecule has 0 fully saturated rings. The number of imide groups is 1. The average Bonchev–Trinajstić information content (AvgIpc) is 2.69. The van der Waals surface area contributed by atoms with E-state index in [2.05, 4.69) is 5.32 Å². The molecule has 1 heterocycles. The number of amides is 3. The van der Waals surface area contributed by atoms with Gasteiger partial charge in [-0.25, -0.2) is 0 Å². The van der Waals surface area contributed by atoms with Crippen molar-refractivity contribution in [2.45, 2.75) is 20.3 Å². The Bertz CT molecular complexity index is 683. The second kappa shape index (κ2) is 6.60. The molecule has 0 saturated heterocycles. The van der Waals surface area contributed by atoms with Crippen molar-refractivity contribution in [3.63, 3.8) is 0 Å². The first-order chi connectivity index (χ1) is 10.8. The van der Waals surface area contributed by atoms with Crippen molar-refractivity contribution < 1.29 is 24.3 Å². The molecule has 122 valence electrons. The molecule has 2 rings (SSSR count). The first-order valence-corrected chi connectivity index (χ1v) is 7.25. The lowest BCUT2D eigenvalue weighted by atomic mass is 10.1. The maximum atomic E-state index is 12.2. The minimum Gasteiger partial charge on any atom is -0.481 e. The van der Waals surface area contributed by atoms with Gasteiger partial charge < -0.3 is 10.4 Å². The van der Waals surface area contributed by atoms with Gasteiger partial charge in [0.05, 0.1) is 11.1 Å². The minimum atomic E-state index is -0.942. The van der Waals surface area contributed by atoms with Crippen molar-refractivity contribution in [2.24, 2.45) is 5.92 Å². The molecule has 7 nitrogen and oxygen atoms in total. The SMILES string of the molecule is Cc1ccc2c(c1)C(=O)N(CC(=O)NCC(C)CC(=O)O)C2=O. The van der Waals surface area contributed by atoms with Crippen LogP contribution in [-0.2, 0) is 9.59 Å². The van der Waals surface area contributed by atoms with Gasteiger partial charge in [0.1, 0.15) is 6.54 Å². The molecule has 1 atom stereocenters. The van der Waals surface area contributed by atoms with Gasteiger partial charge in [0.25, 0.3) is 11.8 Å². The topological polar surface area (TPSA) is 104 Å². The molecule has 1 aromatic carbocycles. The van der Waals surface area contributed by atoms with Crippen molar-refractivity contribution in [1.29, 1.82) is 0 Å². The predicted molar refractivity (Wildman–Crippen MR) is 81.0 cm³/mol. The summed E-state index contributed by atoms with van der Waals surface area (Å²) in [5.41, 5.74) is 1.47. The Kier molecular flexibility index (Phi) is 4.78. The second-order valence-electron chi connectivity index (χ2n) is 5.75. The smallest absolute Gasteiger partial charge is 0.303 e. The molecule has 1 aromatic rings. The van der Waals surface area contributed by atoms with Gasteiger partial charge in [0.15, 0.2) is 0 Å². The van der Waals surface area contributed by atoms with Gasteiger partial charge in [0.2, 0.25) is 5.91 Å². The minimum absolute atomic E-state index is 0.0629. The fraction of sp³-hybridized carbons (Fsp3) is 0.375. The lowest BCUT2D eigenvalue weighted by molar-refractivity contribution is -0.138. The number of nitrogens with zero attached hydrogens (tertiary/aromatic N) is 1. The van der Waals surface area contributed by atoms with E-state index in [9.17, 15) is 19.2 Å². The summed E-state index contributed by atoms with van der Waals surface area (Å²) < 4.78 is 0. The van der Waals surface area contributed by atoms with E-state index in [4.69, 9.17) is 5.11 Å². The van der Waals surface area contributed by atoms with Gasteiger partial charge in [-0.15, -0.1) is 0 Å². The van der Waals surface area contributed by atoms with Gasteiger partial charge in [-0.1, -0.05) is 18.6 Å².